The fourth-order valence-corrected chi connectivity index (χ4v) is 3.46. The van der Waals surface area contributed by atoms with Crippen molar-refractivity contribution in [1.29, 1.82) is 0 Å². The van der Waals surface area contributed by atoms with Crippen LogP contribution in [0.2, 0.25) is 0 Å². The molecular weight excluding hydrogens is 296 g/mol. The third-order valence-electron chi connectivity index (χ3n) is 4.03. The summed E-state index contributed by atoms with van der Waals surface area (Å²) in [5, 5.41) is 0. The maximum Gasteiger partial charge on any atom is 0.296 e. The molecular formula is C18H30O3S. The van der Waals surface area contributed by atoms with Crippen LogP contribution in [0.1, 0.15) is 65.2 Å². The first-order valence-electron chi connectivity index (χ1n) is 8.54. The minimum Gasteiger partial charge on any atom is -0.266 e. The molecule has 1 aromatic carbocycles. The Labute approximate surface area is 136 Å². The van der Waals surface area contributed by atoms with Gasteiger partial charge in [-0.1, -0.05) is 77.0 Å². The Bertz CT molecular complexity index is 482. The van der Waals surface area contributed by atoms with Crippen LogP contribution >= 0.6 is 0 Å². The highest BCUT2D eigenvalue weighted by Gasteiger charge is 2.17. The summed E-state index contributed by atoms with van der Waals surface area (Å²) < 4.78 is 29.4. The summed E-state index contributed by atoms with van der Waals surface area (Å²) in [7, 11) is -3.61. The lowest BCUT2D eigenvalue weighted by Crippen LogP contribution is -2.14. The summed E-state index contributed by atoms with van der Waals surface area (Å²) in [6.07, 6.45) is 9.59. The fourth-order valence-electron chi connectivity index (χ4n) is 2.46. The Hall–Kier alpha value is -0.870. The molecule has 0 spiro atoms. The quantitative estimate of drug-likeness (QED) is 0.393. The van der Waals surface area contributed by atoms with E-state index in [1.165, 1.54) is 32.1 Å². The van der Waals surface area contributed by atoms with E-state index in [0.29, 0.717) is 12.5 Å². The average molecular weight is 327 g/mol. The molecule has 1 aromatic rings. The van der Waals surface area contributed by atoms with Crippen molar-refractivity contribution in [2.45, 2.75) is 70.1 Å². The fraction of sp³-hybridized carbons (Fsp3) is 0.667. The van der Waals surface area contributed by atoms with Gasteiger partial charge in [0.15, 0.2) is 0 Å². The average Bonchev–Trinajstić information content (AvgIpc) is 2.54. The van der Waals surface area contributed by atoms with Gasteiger partial charge in [0, 0.05) is 0 Å². The topological polar surface area (TPSA) is 43.4 Å². The van der Waals surface area contributed by atoms with Crippen molar-refractivity contribution in [3.8, 4) is 0 Å². The van der Waals surface area contributed by atoms with Crippen molar-refractivity contribution in [2.75, 3.05) is 6.61 Å². The number of hydrogen-bond acceptors (Lipinski definition) is 3. The van der Waals surface area contributed by atoms with E-state index in [4.69, 9.17) is 4.18 Å². The molecule has 0 saturated carbocycles. The van der Waals surface area contributed by atoms with Crippen LogP contribution in [0.15, 0.2) is 35.2 Å². The van der Waals surface area contributed by atoms with Crippen LogP contribution in [-0.2, 0) is 14.3 Å². The molecule has 0 aromatic heterocycles. The van der Waals surface area contributed by atoms with Gasteiger partial charge in [-0.3, -0.25) is 4.18 Å². The molecule has 1 unspecified atom stereocenters. The van der Waals surface area contributed by atoms with Gasteiger partial charge >= 0.3 is 0 Å². The SMILES string of the molecule is CCCCCCCCC(CC)COS(=O)(=O)c1ccccc1. The van der Waals surface area contributed by atoms with Crippen LogP contribution in [0.3, 0.4) is 0 Å². The van der Waals surface area contributed by atoms with Gasteiger partial charge in [-0.2, -0.15) is 8.42 Å². The van der Waals surface area contributed by atoms with E-state index < -0.39 is 10.1 Å². The molecule has 1 atom stereocenters. The van der Waals surface area contributed by atoms with Gasteiger partial charge in [0.25, 0.3) is 10.1 Å². The van der Waals surface area contributed by atoms with Gasteiger partial charge in [0.1, 0.15) is 0 Å². The zero-order valence-electron chi connectivity index (χ0n) is 14.0. The van der Waals surface area contributed by atoms with Crippen molar-refractivity contribution < 1.29 is 12.6 Å². The van der Waals surface area contributed by atoms with E-state index in [1.54, 1.807) is 30.3 Å². The van der Waals surface area contributed by atoms with Crippen LogP contribution in [0.25, 0.3) is 0 Å². The Kier molecular flexibility index (Phi) is 9.41. The van der Waals surface area contributed by atoms with E-state index in [9.17, 15) is 8.42 Å². The van der Waals surface area contributed by atoms with Crippen molar-refractivity contribution in [3.63, 3.8) is 0 Å². The molecule has 0 aliphatic rings. The van der Waals surface area contributed by atoms with Gasteiger partial charge in [-0.25, -0.2) is 0 Å². The summed E-state index contributed by atoms with van der Waals surface area (Å²) in [5.41, 5.74) is 0. The normalized spacial score (nSPS) is 13.2. The maximum absolute atomic E-state index is 12.1. The first-order valence-corrected chi connectivity index (χ1v) is 9.95. The van der Waals surface area contributed by atoms with E-state index in [0.717, 1.165) is 19.3 Å². The number of rotatable bonds is 12. The molecule has 0 aliphatic heterocycles. The van der Waals surface area contributed by atoms with E-state index in [-0.39, 0.29) is 4.90 Å². The standard InChI is InChI=1S/C18H30O3S/c1-3-5-6-7-8-10-13-17(4-2)16-21-22(19,20)18-14-11-9-12-15-18/h9,11-12,14-15,17H,3-8,10,13,16H2,1-2H3. The molecule has 22 heavy (non-hydrogen) atoms. The zero-order valence-corrected chi connectivity index (χ0v) is 14.8. The molecule has 3 nitrogen and oxygen atoms in total. The molecule has 126 valence electrons. The Morgan fingerprint density at radius 3 is 2.23 bits per heavy atom. The largest absolute Gasteiger partial charge is 0.296 e. The van der Waals surface area contributed by atoms with Gasteiger partial charge < -0.3 is 0 Å². The maximum atomic E-state index is 12.1. The summed E-state index contributed by atoms with van der Waals surface area (Å²) >= 11 is 0. The van der Waals surface area contributed by atoms with Gasteiger partial charge in [-0.15, -0.1) is 0 Å². The van der Waals surface area contributed by atoms with Gasteiger partial charge in [-0.05, 0) is 24.5 Å². The highest BCUT2D eigenvalue weighted by Crippen LogP contribution is 2.18. The Morgan fingerprint density at radius 2 is 1.59 bits per heavy atom. The smallest absolute Gasteiger partial charge is 0.266 e. The molecule has 0 fully saturated rings. The van der Waals surface area contributed by atoms with Crippen molar-refractivity contribution >= 4 is 10.1 Å². The summed E-state index contributed by atoms with van der Waals surface area (Å²) in [4.78, 5) is 0.240. The van der Waals surface area contributed by atoms with Crippen LogP contribution < -0.4 is 0 Å². The lowest BCUT2D eigenvalue weighted by molar-refractivity contribution is 0.237. The molecule has 0 heterocycles. The second-order valence-corrected chi connectivity index (χ2v) is 7.50. The summed E-state index contributed by atoms with van der Waals surface area (Å²) in [5.74, 6) is 0.324. The van der Waals surface area contributed by atoms with E-state index in [1.807, 2.05) is 0 Å². The number of unbranched alkanes of at least 4 members (excludes halogenated alkanes) is 5. The van der Waals surface area contributed by atoms with E-state index >= 15 is 0 Å². The first-order chi connectivity index (χ1) is 10.6. The predicted octanol–water partition coefficient (Wildman–Crippen LogP) is 5.17. The van der Waals surface area contributed by atoms with E-state index in [2.05, 4.69) is 13.8 Å². The highest BCUT2D eigenvalue weighted by atomic mass is 32.2. The third-order valence-corrected chi connectivity index (χ3v) is 5.33. The summed E-state index contributed by atoms with van der Waals surface area (Å²) in [6.45, 7) is 4.61. The second kappa shape index (κ2) is 10.8. The molecule has 4 heteroatoms. The van der Waals surface area contributed by atoms with Gasteiger partial charge in [0.2, 0.25) is 0 Å². The van der Waals surface area contributed by atoms with Gasteiger partial charge in [0.05, 0.1) is 11.5 Å². The monoisotopic (exact) mass is 326 g/mol. The summed E-state index contributed by atoms with van der Waals surface area (Å²) in [6, 6.07) is 8.37. The predicted molar refractivity (Wildman–Crippen MR) is 91.4 cm³/mol. The van der Waals surface area contributed by atoms with Crippen LogP contribution in [-0.4, -0.2) is 15.0 Å². The molecule has 0 radical (unpaired) electrons. The van der Waals surface area contributed by atoms with Crippen molar-refractivity contribution in [3.05, 3.63) is 30.3 Å². The number of benzene rings is 1. The van der Waals surface area contributed by atoms with Crippen molar-refractivity contribution in [1.82, 2.24) is 0 Å². The first kappa shape index (κ1) is 19.2. The molecule has 0 aliphatic carbocycles. The molecule has 0 amide bonds. The molecule has 0 saturated heterocycles. The third kappa shape index (κ3) is 7.41. The number of hydrogen-bond donors (Lipinski definition) is 0. The molecule has 0 N–H and O–H groups in total. The lowest BCUT2D eigenvalue weighted by atomic mass is 9.99. The van der Waals surface area contributed by atoms with Crippen LogP contribution in [0.4, 0.5) is 0 Å². The second-order valence-electron chi connectivity index (χ2n) is 5.88. The van der Waals surface area contributed by atoms with Crippen LogP contribution in [0, 0.1) is 5.92 Å². The zero-order chi connectivity index (χ0) is 16.3. The molecule has 1 rings (SSSR count). The lowest BCUT2D eigenvalue weighted by Gasteiger charge is -2.15. The minimum atomic E-state index is -3.61. The van der Waals surface area contributed by atoms with Crippen molar-refractivity contribution in [2.24, 2.45) is 5.92 Å². The minimum absolute atomic E-state index is 0.240. The molecule has 0 bridgehead atoms. The van der Waals surface area contributed by atoms with Crippen LogP contribution in [0.5, 0.6) is 0 Å². The Balaban J connectivity index is 2.31. The Morgan fingerprint density at radius 1 is 0.955 bits per heavy atom. The highest BCUT2D eigenvalue weighted by molar-refractivity contribution is 7.86.